The van der Waals surface area contributed by atoms with Gasteiger partial charge < -0.3 is 15.9 Å². The first-order valence-electron chi connectivity index (χ1n) is 4.71. The van der Waals surface area contributed by atoms with Crippen molar-refractivity contribution in [2.24, 2.45) is 5.73 Å². The van der Waals surface area contributed by atoms with Crippen molar-refractivity contribution in [3.8, 4) is 11.5 Å². The highest BCUT2D eigenvalue weighted by molar-refractivity contribution is 5.82. The van der Waals surface area contributed by atoms with Crippen LogP contribution in [0.2, 0.25) is 0 Å². The van der Waals surface area contributed by atoms with Gasteiger partial charge in [-0.05, 0) is 19.9 Å². The average Bonchev–Trinajstić information content (AvgIpc) is 2.24. The third-order valence-electron chi connectivity index (χ3n) is 2.22. The standard InChI is InChI=1S/C12H15NO2/c1-3-8(10(13)4-2)9-6-5-7-11(14)12(9)15/h3-7,14-15H,13H2,1-2H3/b8-3-,10-4+. The molecule has 0 atom stereocenters. The first-order chi connectivity index (χ1) is 7.11. The van der Waals surface area contributed by atoms with E-state index in [0.717, 1.165) is 0 Å². The van der Waals surface area contributed by atoms with Gasteiger partial charge >= 0.3 is 0 Å². The zero-order chi connectivity index (χ0) is 11.4. The minimum absolute atomic E-state index is 0.143. The summed E-state index contributed by atoms with van der Waals surface area (Å²) in [6.45, 7) is 3.65. The summed E-state index contributed by atoms with van der Waals surface area (Å²) in [7, 11) is 0. The summed E-state index contributed by atoms with van der Waals surface area (Å²) in [5.74, 6) is -0.286. The first-order valence-corrected chi connectivity index (χ1v) is 4.71. The molecule has 0 bridgehead atoms. The fourth-order valence-corrected chi connectivity index (χ4v) is 1.38. The molecule has 0 amide bonds. The van der Waals surface area contributed by atoms with Gasteiger partial charge in [0.25, 0.3) is 0 Å². The van der Waals surface area contributed by atoms with Crippen molar-refractivity contribution in [2.45, 2.75) is 13.8 Å². The van der Waals surface area contributed by atoms with Crippen LogP contribution in [0.4, 0.5) is 0 Å². The van der Waals surface area contributed by atoms with Crippen molar-refractivity contribution in [1.82, 2.24) is 0 Å². The van der Waals surface area contributed by atoms with Crippen molar-refractivity contribution in [1.29, 1.82) is 0 Å². The number of rotatable bonds is 2. The maximum Gasteiger partial charge on any atom is 0.165 e. The van der Waals surface area contributed by atoms with Crippen molar-refractivity contribution in [2.75, 3.05) is 0 Å². The lowest BCUT2D eigenvalue weighted by atomic mass is 10.0. The maximum atomic E-state index is 9.67. The quantitative estimate of drug-likeness (QED) is 0.513. The van der Waals surface area contributed by atoms with Crippen molar-refractivity contribution >= 4 is 5.57 Å². The second-order valence-corrected chi connectivity index (χ2v) is 3.12. The van der Waals surface area contributed by atoms with E-state index in [2.05, 4.69) is 0 Å². The highest BCUT2D eigenvalue weighted by Crippen LogP contribution is 2.34. The van der Waals surface area contributed by atoms with Gasteiger partial charge in [-0.1, -0.05) is 24.3 Å². The fourth-order valence-electron chi connectivity index (χ4n) is 1.38. The molecule has 1 aromatic carbocycles. The van der Waals surface area contributed by atoms with Gasteiger partial charge in [0.2, 0.25) is 0 Å². The zero-order valence-electron chi connectivity index (χ0n) is 8.86. The van der Waals surface area contributed by atoms with Crippen LogP contribution in [0, 0.1) is 0 Å². The average molecular weight is 205 g/mol. The molecule has 1 rings (SSSR count). The van der Waals surface area contributed by atoms with E-state index in [4.69, 9.17) is 5.73 Å². The Morgan fingerprint density at radius 1 is 1.20 bits per heavy atom. The molecule has 3 nitrogen and oxygen atoms in total. The topological polar surface area (TPSA) is 66.5 Å². The highest BCUT2D eigenvalue weighted by Gasteiger charge is 2.11. The molecule has 1 aromatic rings. The zero-order valence-corrected chi connectivity index (χ0v) is 8.86. The SMILES string of the molecule is C/C=C(\C(N)=C/C)c1cccc(O)c1O. The summed E-state index contributed by atoms with van der Waals surface area (Å²) >= 11 is 0. The van der Waals surface area contributed by atoms with Crippen LogP contribution in [0.5, 0.6) is 11.5 Å². The van der Waals surface area contributed by atoms with Crippen LogP contribution in [-0.4, -0.2) is 10.2 Å². The van der Waals surface area contributed by atoms with E-state index in [1.807, 2.05) is 13.8 Å². The maximum absolute atomic E-state index is 9.67. The fraction of sp³-hybridized carbons (Fsp3) is 0.167. The predicted molar refractivity (Wildman–Crippen MR) is 61.4 cm³/mol. The number of phenolic OH excluding ortho intramolecular Hbond substituents is 2. The minimum atomic E-state index is -0.143. The normalized spacial score (nSPS) is 12.9. The Bertz CT molecular complexity index is 420. The Hall–Kier alpha value is -1.90. The number of nitrogens with two attached hydrogens (primary N) is 1. The number of benzene rings is 1. The van der Waals surface area contributed by atoms with E-state index in [1.165, 1.54) is 6.07 Å². The summed E-state index contributed by atoms with van der Waals surface area (Å²) in [6.07, 6.45) is 3.54. The molecule has 0 spiro atoms. The summed E-state index contributed by atoms with van der Waals surface area (Å²) in [5.41, 5.74) is 7.60. The Balaban J connectivity index is 3.32. The third kappa shape index (κ3) is 2.13. The monoisotopic (exact) mass is 205 g/mol. The molecule has 0 heterocycles. The number of hydrogen-bond donors (Lipinski definition) is 3. The van der Waals surface area contributed by atoms with Gasteiger partial charge in [0.15, 0.2) is 11.5 Å². The lowest BCUT2D eigenvalue weighted by molar-refractivity contribution is 0.402. The van der Waals surface area contributed by atoms with E-state index < -0.39 is 0 Å². The minimum Gasteiger partial charge on any atom is -0.504 e. The molecule has 0 aliphatic rings. The first kappa shape index (κ1) is 11.2. The van der Waals surface area contributed by atoms with Crippen LogP contribution < -0.4 is 5.73 Å². The van der Waals surface area contributed by atoms with Gasteiger partial charge in [-0.25, -0.2) is 0 Å². The number of para-hydroxylation sites is 1. The Kier molecular flexibility index (Phi) is 3.39. The van der Waals surface area contributed by atoms with Gasteiger partial charge in [-0.3, -0.25) is 0 Å². The number of hydrogen-bond acceptors (Lipinski definition) is 3. The van der Waals surface area contributed by atoms with Crippen LogP contribution in [0.25, 0.3) is 5.57 Å². The molecule has 4 N–H and O–H groups in total. The van der Waals surface area contributed by atoms with Crippen molar-refractivity contribution in [3.05, 3.63) is 41.6 Å². The second-order valence-electron chi connectivity index (χ2n) is 3.12. The van der Waals surface area contributed by atoms with Crippen molar-refractivity contribution in [3.63, 3.8) is 0 Å². The second kappa shape index (κ2) is 4.55. The third-order valence-corrected chi connectivity index (χ3v) is 2.22. The van der Waals surface area contributed by atoms with E-state index in [9.17, 15) is 10.2 Å². The molecule has 0 unspecified atom stereocenters. The molecule has 0 saturated carbocycles. The molecule has 0 radical (unpaired) electrons. The molecule has 0 aliphatic heterocycles. The van der Waals surface area contributed by atoms with Crippen LogP contribution in [0.1, 0.15) is 19.4 Å². The van der Waals surface area contributed by atoms with Gasteiger partial charge in [-0.15, -0.1) is 0 Å². The summed E-state index contributed by atoms with van der Waals surface area (Å²) in [4.78, 5) is 0. The lowest BCUT2D eigenvalue weighted by Gasteiger charge is -2.10. The van der Waals surface area contributed by atoms with Gasteiger partial charge in [0.05, 0.1) is 0 Å². The van der Waals surface area contributed by atoms with Gasteiger partial charge in [-0.2, -0.15) is 0 Å². The highest BCUT2D eigenvalue weighted by atomic mass is 16.3. The molecule has 15 heavy (non-hydrogen) atoms. The van der Waals surface area contributed by atoms with Gasteiger partial charge in [0, 0.05) is 16.8 Å². The largest absolute Gasteiger partial charge is 0.504 e. The van der Waals surface area contributed by atoms with E-state index in [1.54, 1.807) is 24.3 Å². The summed E-state index contributed by atoms with van der Waals surface area (Å²) in [5, 5.41) is 19.0. The number of phenols is 2. The predicted octanol–water partition coefficient (Wildman–Crippen LogP) is 2.36. The number of allylic oxidation sites excluding steroid dienone is 3. The molecule has 80 valence electrons. The van der Waals surface area contributed by atoms with Crippen LogP contribution in [0.15, 0.2) is 36.0 Å². The Morgan fingerprint density at radius 3 is 2.40 bits per heavy atom. The van der Waals surface area contributed by atoms with E-state index >= 15 is 0 Å². The molecule has 0 fully saturated rings. The molecule has 0 saturated heterocycles. The molecular weight excluding hydrogens is 190 g/mol. The van der Waals surface area contributed by atoms with Crippen LogP contribution in [0.3, 0.4) is 0 Å². The van der Waals surface area contributed by atoms with E-state index in [-0.39, 0.29) is 11.5 Å². The Morgan fingerprint density at radius 2 is 1.87 bits per heavy atom. The summed E-state index contributed by atoms with van der Waals surface area (Å²) in [6, 6.07) is 4.80. The molecule has 0 aliphatic carbocycles. The van der Waals surface area contributed by atoms with Crippen molar-refractivity contribution < 1.29 is 10.2 Å². The molecule has 0 aromatic heterocycles. The Labute approximate surface area is 89.2 Å². The van der Waals surface area contributed by atoms with Crippen LogP contribution in [-0.2, 0) is 0 Å². The number of aromatic hydroxyl groups is 2. The van der Waals surface area contributed by atoms with Crippen LogP contribution >= 0.6 is 0 Å². The lowest BCUT2D eigenvalue weighted by Crippen LogP contribution is -2.00. The summed E-state index contributed by atoms with van der Waals surface area (Å²) < 4.78 is 0. The van der Waals surface area contributed by atoms with E-state index in [0.29, 0.717) is 16.8 Å². The smallest absolute Gasteiger partial charge is 0.165 e. The molecular formula is C12H15NO2. The molecule has 3 heteroatoms. The van der Waals surface area contributed by atoms with Gasteiger partial charge in [0.1, 0.15) is 0 Å².